The molecule has 1 fully saturated rings. The number of carbonyl (C=O) groups is 2. The summed E-state index contributed by atoms with van der Waals surface area (Å²) in [4.78, 5) is 34.9. The number of aliphatic hydroxyl groups excluding tert-OH is 1. The van der Waals surface area contributed by atoms with Crippen LogP contribution in [0.5, 0.6) is 5.75 Å². The molecule has 0 radical (unpaired) electrons. The average molecular weight is 478 g/mol. The minimum Gasteiger partial charge on any atom is -0.507 e. The first-order chi connectivity index (χ1) is 16.4. The maximum Gasteiger partial charge on any atom is 0.302 e. The van der Waals surface area contributed by atoms with Crippen LogP contribution in [0, 0.1) is 5.82 Å². The van der Waals surface area contributed by atoms with Gasteiger partial charge in [-0.3, -0.25) is 14.5 Å². The molecule has 3 aromatic carbocycles. The van der Waals surface area contributed by atoms with Gasteiger partial charge < -0.3 is 14.8 Å². The molecule has 7 nitrogen and oxygen atoms in total. The van der Waals surface area contributed by atoms with Gasteiger partial charge in [-0.05, 0) is 42.0 Å². The van der Waals surface area contributed by atoms with Crippen LogP contribution >= 0.6 is 11.6 Å². The number of Topliss-reactive ketones (excluding diaryl/α,β-unsaturated/α-hetero) is 1. The van der Waals surface area contributed by atoms with Crippen molar-refractivity contribution < 1.29 is 23.8 Å². The fourth-order valence-electron chi connectivity index (χ4n) is 4.05. The number of amides is 1. The van der Waals surface area contributed by atoms with Crippen molar-refractivity contribution in [1.29, 1.82) is 0 Å². The highest BCUT2D eigenvalue weighted by Gasteiger charge is 2.48. The number of H-pyrrole nitrogens is 1. The van der Waals surface area contributed by atoms with Gasteiger partial charge in [-0.15, -0.1) is 0 Å². The number of ketones is 1. The number of carbonyl (C=O) groups excluding carboxylic acids is 2. The number of aromatic amines is 1. The maximum absolute atomic E-state index is 13.7. The number of nitrogens with one attached hydrogen (secondary N) is 1. The van der Waals surface area contributed by atoms with Crippen molar-refractivity contribution in [1.82, 2.24) is 9.97 Å². The number of methoxy groups -OCH3 is 1. The maximum atomic E-state index is 13.7. The minimum atomic E-state index is -0.978. The van der Waals surface area contributed by atoms with Crippen molar-refractivity contribution >= 4 is 46.0 Å². The first-order valence-electron chi connectivity index (χ1n) is 10.2. The highest BCUT2D eigenvalue weighted by Crippen LogP contribution is 2.42. The molecule has 2 heterocycles. The van der Waals surface area contributed by atoms with Crippen molar-refractivity contribution in [2.24, 2.45) is 0 Å². The highest BCUT2D eigenvalue weighted by molar-refractivity contribution is 6.51. The molecule has 0 bridgehead atoms. The Morgan fingerprint density at radius 1 is 1.12 bits per heavy atom. The topological polar surface area (TPSA) is 95.5 Å². The van der Waals surface area contributed by atoms with Gasteiger partial charge in [-0.25, -0.2) is 9.37 Å². The second-order valence-electron chi connectivity index (χ2n) is 7.65. The van der Waals surface area contributed by atoms with Crippen LogP contribution in [0.2, 0.25) is 5.02 Å². The van der Waals surface area contributed by atoms with Gasteiger partial charge in [0.2, 0.25) is 5.95 Å². The Labute approximate surface area is 198 Å². The summed E-state index contributed by atoms with van der Waals surface area (Å²) in [5.74, 6) is -2.25. The van der Waals surface area contributed by atoms with E-state index in [2.05, 4.69) is 9.97 Å². The van der Waals surface area contributed by atoms with Crippen LogP contribution < -0.4 is 9.64 Å². The molecule has 170 valence electrons. The van der Waals surface area contributed by atoms with E-state index >= 15 is 0 Å². The number of rotatable bonds is 4. The lowest BCUT2D eigenvalue weighted by Crippen LogP contribution is -2.30. The number of benzene rings is 3. The van der Waals surface area contributed by atoms with Gasteiger partial charge in [0.25, 0.3) is 5.78 Å². The zero-order valence-corrected chi connectivity index (χ0v) is 18.5. The molecule has 0 spiro atoms. The van der Waals surface area contributed by atoms with E-state index in [1.165, 1.54) is 48.4 Å². The van der Waals surface area contributed by atoms with Crippen LogP contribution in [0.25, 0.3) is 16.8 Å². The predicted octanol–water partition coefficient (Wildman–Crippen LogP) is 4.99. The Morgan fingerprint density at radius 3 is 2.62 bits per heavy atom. The Morgan fingerprint density at radius 2 is 1.88 bits per heavy atom. The molecule has 34 heavy (non-hydrogen) atoms. The summed E-state index contributed by atoms with van der Waals surface area (Å²) in [6.45, 7) is 0. The summed E-state index contributed by atoms with van der Waals surface area (Å²) < 4.78 is 18.9. The number of nitrogens with zero attached hydrogens (tertiary/aromatic N) is 2. The van der Waals surface area contributed by atoms with Crippen molar-refractivity contribution in [3.05, 3.63) is 94.3 Å². The van der Waals surface area contributed by atoms with E-state index in [-0.39, 0.29) is 22.8 Å². The van der Waals surface area contributed by atoms with Gasteiger partial charge in [-0.1, -0.05) is 41.9 Å². The fourth-order valence-corrected chi connectivity index (χ4v) is 4.24. The van der Waals surface area contributed by atoms with Crippen LogP contribution in [0.3, 0.4) is 0 Å². The number of hydrogen-bond donors (Lipinski definition) is 2. The third-order valence-electron chi connectivity index (χ3n) is 5.64. The SMILES string of the molecule is COc1cc(/C(O)=C2\C(=O)C(=O)N(c3nc4ccc(F)cc4[nH]3)C2c2ccccc2)ccc1Cl. The number of halogens is 2. The van der Waals surface area contributed by atoms with Gasteiger partial charge in [0.1, 0.15) is 17.3 Å². The molecule has 2 N–H and O–H groups in total. The first kappa shape index (κ1) is 21.7. The molecule has 1 aromatic heterocycles. The number of aromatic nitrogens is 2. The van der Waals surface area contributed by atoms with Gasteiger partial charge in [0.15, 0.2) is 0 Å². The summed E-state index contributed by atoms with van der Waals surface area (Å²) in [7, 11) is 1.43. The highest BCUT2D eigenvalue weighted by atomic mass is 35.5. The number of imidazole rings is 1. The van der Waals surface area contributed by atoms with E-state index in [1.54, 1.807) is 30.3 Å². The molecule has 9 heteroatoms. The largest absolute Gasteiger partial charge is 0.507 e. The van der Waals surface area contributed by atoms with Crippen LogP contribution in [-0.2, 0) is 9.59 Å². The third-order valence-corrected chi connectivity index (χ3v) is 5.96. The van der Waals surface area contributed by atoms with E-state index < -0.39 is 23.5 Å². The second-order valence-corrected chi connectivity index (χ2v) is 8.06. The Kier molecular flexibility index (Phi) is 5.30. The minimum absolute atomic E-state index is 0.0595. The fraction of sp³-hybridized carbons (Fsp3) is 0.0800. The van der Waals surface area contributed by atoms with E-state index in [4.69, 9.17) is 16.3 Å². The molecule has 5 rings (SSSR count). The van der Waals surface area contributed by atoms with Crippen molar-refractivity contribution in [3.8, 4) is 5.75 Å². The smallest absolute Gasteiger partial charge is 0.302 e. The average Bonchev–Trinajstić information content (AvgIpc) is 3.37. The summed E-state index contributed by atoms with van der Waals surface area (Å²) in [5.41, 5.74) is 1.51. The van der Waals surface area contributed by atoms with Gasteiger partial charge >= 0.3 is 5.91 Å². The Balaban J connectivity index is 1.72. The molecular weight excluding hydrogens is 461 g/mol. The molecule has 0 saturated carbocycles. The molecule has 1 unspecified atom stereocenters. The second kappa shape index (κ2) is 8.31. The molecule has 1 saturated heterocycles. The summed E-state index contributed by atoms with van der Waals surface area (Å²) >= 11 is 6.10. The van der Waals surface area contributed by atoms with Crippen LogP contribution in [0.15, 0.2) is 72.3 Å². The van der Waals surface area contributed by atoms with Crippen molar-refractivity contribution in [3.63, 3.8) is 0 Å². The quantitative estimate of drug-likeness (QED) is 0.245. The predicted molar refractivity (Wildman–Crippen MR) is 125 cm³/mol. The summed E-state index contributed by atoms with van der Waals surface area (Å²) in [6, 6.07) is 16.3. The number of hydrogen-bond acceptors (Lipinski definition) is 5. The van der Waals surface area contributed by atoms with Gasteiger partial charge in [0, 0.05) is 5.56 Å². The molecule has 0 aliphatic carbocycles. The summed E-state index contributed by atoms with van der Waals surface area (Å²) in [6.07, 6.45) is 0. The van der Waals surface area contributed by atoms with Crippen LogP contribution in [0.1, 0.15) is 17.2 Å². The molecular formula is C25H17ClFN3O4. The first-order valence-corrected chi connectivity index (χ1v) is 10.6. The summed E-state index contributed by atoms with van der Waals surface area (Å²) in [5, 5.41) is 11.5. The Bertz CT molecular complexity index is 1480. The van der Waals surface area contributed by atoms with Crippen molar-refractivity contribution in [2.75, 3.05) is 12.0 Å². The standard InChI is InChI=1S/C25H17ClFN3O4/c1-34-19-11-14(7-9-16(19)26)22(31)20-21(13-5-3-2-4-6-13)30(24(33)23(20)32)25-28-17-10-8-15(27)12-18(17)29-25/h2-12,21,31H,1H3,(H,28,29)/b22-20+. The van der Waals surface area contributed by atoms with E-state index in [9.17, 15) is 19.1 Å². The number of anilines is 1. The van der Waals surface area contributed by atoms with E-state index in [1.807, 2.05) is 0 Å². The lowest BCUT2D eigenvalue weighted by atomic mass is 9.95. The lowest BCUT2D eigenvalue weighted by molar-refractivity contribution is -0.132. The zero-order chi connectivity index (χ0) is 24.0. The van der Waals surface area contributed by atoms with Crippen molar-refractivity contribution in [2.45, 2.75) is 6.04 Å². The molecule has 1 atom stereocenters. The van der Waals surface area contributed by atoms with Gasteiger partial charge in [-0.2, -0.15) is 0 Å². The Hall–Kier alpha value is -4.17. The molecule has 4 aromatic rings. The number of aliphatic hydroxyl groups is 1. The lowest BCUT2D eigenvalue weighted by Gasteiger charge is -2.23. The van der Waals surface area contributed by atoms with Gasteiger partial charge in [0.05, 0.1) is 34.8 Å². The monoisotopic (exact) mass is 477 g/mol. The molecule has 1 amide bonds. The third kappa shape index (κ3) is 3.48. The molecule has 1 aliphatic rings. The normalized spacial score (nSPS) is 17.5. The number of ether oxygens (including phenoxy) is 1. The van der Waals surface area contributed by atoms with E-state index in [0.29, 0.717) is 27.4 Å². The number of fused-ring (bicyclic) bond motifs is 1. The van der Waals surface area contributed by atoms with Crippen LogP contribution in [-0.4, -0.2) is 33.9 Å². The van der Waals surface area contributed by atoms with E-state index in [0.717, 1.165) is 0 Å². The van der Waals surface area contributed by atoms with Crippen LogP contribution in [0.4, 0.5) is 10.3 Å². The zero-order valence-electron chi connectivity index (χ0n) is 17.8. The molecule has 1 aliphatic heterocycles.